The average molecular weight is 409 g/mol. The smallest absolute Gasteiger partial charge is 0.231 e. The van der Waals surface area contributed by atoms with Crippen LogP contribution in [0.15, 0.2) is 35.3 Å². The van der Waals surface area contributed by atoms with Crippen LogP contribution in [0.1, 0.15) is 30.1 Å². The van der Waals surface area contributed by atoms with E-state index in [4.69, 9.17) is 31.5 Å². The number of hydrogen-bond acceptors (Lipinski definition) is 7. The molecule has 0 amide bonds. The SMILES string of the molecule is [B]c1c(OC)cc(C=NCCCC(=O)C(OC)c2ccc3c(c2)OCO3)cc1OC. The van der Waals surface area contributed by atoms with Crippen molar-refractivity contribution in [2.75, 3.05) is 34.7 Å². The Balaban J connectivity index is 1.55. The molecular formula is C22H24BNO6. The van der Waals surface area contributed by atoms with Gasteiger partial charge < -0.3 is 23.7 Å². The molecule has 0 aliphatic carbocycles. The summed E-state index contributed by atoms with van der Waals surface area (Å²) in [6, 6.07) is 8.96. The lowest BCUT2D eigenvalue weighted by Gasteiger charge is -2.15. The van der Waals surface area contributed by atoms with Crippen molar-refractivity contribution in [3.63, 3.8) is 0 Å². The van der Waals surface area contributed by atoms with Crippen LogP contribution in [-0.4, -0.2) is 54.5 Å². The van der Waals surface area contributed by atoms with Gasteiger partial charge in [-0.25, -0.2) is 0 Å². The first kappa shape index (κ1) is 21.7. The second-order valence-electron chi connectivity index (χ2n) is 6.67. The normalized spacial score (nSPS) is 13.4. The number of ether oxygens (including phenoxy) is 5. The van der Waals surface area contributed by atoms with E-state index in [9.17, 15) is 4.79 Å². The van der Waals surface area contributed by atoms with E-state index in [0.717, 1.165) is 11.1 Å². The third-order valence-corrected chi connectivity index (χ3v) is 4.74. The van der Waals surface area contributed by atoms with E-state index in [-0.39, 0.29) is 12.6 Å². The molecular weight excluding hydrogens is 385 g/mol. The zero-order valence-corrected chi connectivity index (χ0v) is 17.3. The molecule has 156 valence electrons. The van der Waals surface area contributed by atoms with Crippen molar-refractivity contribution in [3.05, 3.63) is 41.5 Å². The maximum Gasteiger partial charge on any atom is 0.231 e. The van der Waals surface area contributed by atoms with Gasteiger partial charge in [-0.15, -0.1) is 0 Å². The fourth-order valence-electron chi connectivity index (χ4n) is 3.21. The third kappa shape index (κ3) is 4.94. The quantitative estimate of drug-likeness (QED) is 0.341. The lowest BCUT2D eigenvalue weighted by molar-refractivity contribution is -0.129. The Morgan fingerprint density at radius 2 is 1.83 bits per heavy atom. The molecule has 1 aliphatic heterocycles. The minimum atomic E-state index is -0.644. The highest BCUT2D eigenvalue weighted by Gasteiger charge is 2.22. The molecule has 2 aromatic rings. The van der Waals surface area contributed by atoms with Crippen molar-refractivity contribution in [3.8, 4) is 23.0 Å². The molecule has 0 saturated heterocycles. The number of carbonyl (C=O) groups is 1. The first-order chi connectivity index (χ1) is 14.6. The summed E-state index contributed by atoms with van der Waals surface area (Å²) in [6.45, 7) is 0.687. The summed E-state index contributed by atoms with van der Waals surface area (Å²) in [5, 5.41) is 0. The number of fused-ring (bicyclic) bond motifs is 1. The zero-order valence-electron chi connectivity index (χ0n) is 17.3. The molecule has 7 nitrogen and oxygen atoms in total. The molecule has 0 bridgehead atoms. The van der Waals surface area contributed by atoms with Crippen LogP contribution in [0.3, 0.4) is 0 Å². The van der Waals surface area contributed by atoms with Crippen LogP contribution in [0.2, 0.25) is 0 Å². The number of ketones is 1. The Bertz CT molecular complexity index is 905. The Morgan fingerprint density at radius 3 is 2.50 bits per heavy atom. The van der Waals surface area contributed by atoms with Crippen molar-refractivity contribution in [1.29, 1.82) is 0 Å². The number of benzene rings is 2. The molecule has 0 N–H and O–H groups in total. The van der Waals surface area contributed by atoms with Gasteiger partial charge in [-0.05, 0) is 47.3 Å². The molecule has 0 fully saturated rings. The van der Waals surface area contributed by atoms with Crippen LogP contribution in [0.25, 0.3) is 0 Å². The lowest BCUT2D eigenvalue weighted by Crippen LogP contribution is -2.14. The highest BCUT2D eigenvalue weighted by Crippen LogP contribution is 2.35. The predicted molar refractivity (Wildman–Crippen MR) is 114 cm³/mol. The molecule has 1 heterocycles. The fraction of sp³-hybridized carbons (Fsp3) is 0.364. The largest absolute Gasteiger partial charge is 0.497 e. The van der Waals surface area contributed by atoms with Gasteiger partial charge >= 0.3 is 0 Å². The summed E-state index contributed by atoms with van der Waals surface area (Å²) >= 11 is 0. The van der Waals surface area contributed by atoms with Crippen LogP contribution in [0.5, 0.6) is 23.0 Å². The maximum absolute atomic E-state index is 12.6. The third-order valence-electron chi connectivity index (χ3n) is 4.74. The van der Waals surface area contributed by atoms with Gasteiger partial charge in [0.1, 0.15) is 25.4 Å². The van der Waals surface area contributed by atoms with E-state index in [0.29, 0.717) is 47.8 Å². The van der Waals surface area contributed by atoms with Crippen molar-refractivity contribution in [2.24, 2.45) is 4.99 Å². The molecule has 1 unspecified atom stereocenters. The average Bonchev–Trinajstić information content (AvgIpc) is 3.23. The summed E-state index contributed by atoms with van der Waals surface area (Å²) in [4.78, 5) is 17.0. The van der Waals surface area contributed by atoms with Gasteiger partial charge in [-0.1, -0.05) is 6.07 Å². The Morgan fingerprint density at radius 1 is 1.13 bits per heavy atom. The van der Waals surface area contributed by atoms with Gasteiger partial charge in [-0.2, -0.15) is 0 Å². The second kappa shape index (κ2) is 10.2. The van der Waals surface area contributed by atoms with Crippen LogP contribution in [0.4, 0.5) is 0 Å². The van der Waals surface area contributed by atoms with E-state index in [2.05, 4.69) is 4.99 Å². The minimum absolute atomic E-state index is 0.0117. The fourth-order valence-corrected chi connectivity index (χ4v) is 3.21. The Hall–Kier alpha value is -3.00. The minimum Gasteiger partial charge on any atom is -0.497 e. The number of hydrogen-bond donors (Lipinski definition) is 0. The van der Waals surface area contributed by atoms with E-state index in [1.165, 1.54) is 7.11 Å². The van der Waals surface area contributed by atoms with E-state index >= 15 is 0 Å². The molecule has 1 aliphatic rings. The maximum atomic E-state index is 12.6. The summed E-state index contributed by atoms with van der Waals surface area (Å²) in [5.41, 5.74) is 1.99. The Kier molecular flexibility index (Phi) is 7.35. The zero-order chi connectivity index (χ0) is 21.5. The van der Waals surface area contributed by atoms with Crippen LogP contribution < -0.4 is 24.4 Å². The monoisotopic (exact) mass is 409 g/mol. The second-order valence-corrected chi connectivity index (χ2v) is 6.67. The summed E-state index contributed by atoms with van der Waals surface area (Å²) < 4.78 is 26.6. The van der Waals surface area contributed by atoms with E-state index in [1.54, 1.807) is 44.7 Å². The summed E-state index contributed by atoms with van der Waals surface area (Å²) in [5.74, 6) is 2.34. The number of rotatable bonds is 10. The number of nitrogens with zero attached hydrogens (tertiary/aromatic N) is 1. The van der Waals surface area contributed by atoms with Crippen LogP contribution in [0, 0.1) is 0 Å². The molecule has 0 saturated carbocycles. The number of aliphatic imine (C=N–C) groups is 1. The first-order valence-corrected chi connectivity index (χ1v) is 9.53. The highest BCUT2D eigenvalue weighted by atomic mass is 16.7. The first-order valence-electron chi connectivity index (χ1n) is 9.53. The number of Topliss-reactive ketones (excluding diaryl/α,β-unsaturated/α-hetero) is 1. The molecule has 8 heteroatoms. The molecule has 3 rings (SSSR count). The van der Waals surface area contributed by atoms with Crippen LogP contribution in [-0.2, 0) is 9.53 Å². The highest BCUT2D eigenvalue weighted by molar-refractivity contribution is 6.36. The van der Waals surface area contributed by atoms with Gasteiger partial charge in [0, 0.05) is 26.3 Å². The molecule has 2 aromatic carbocycles. The van der Waals surface area contributed by atoms with E-state index < -0.39 is 6.10 Å². The topological polar surface area (TPSA) is 75.6 Å². The van der Waals surface area contributed by atoms with E-state index in [1.807, 2.05) is 6.07 Å². The van der Waals surface area contributed by atoms with Gasteiger partial charge in [0.25, 0.3) is 0 Å². The van der Waals surface area contributed by atoms with Crippen LogP contribution >= 0.6 is 0 Å². The molecule has 2 radical (unpaired) electrons. The predicted octanol–water partition coefficient (Wildman–Crippen LogP) is 2.38. The lowest BCUT2D eigenvalue weighted by atomic mass is 9.92. The van der Waals surface area contributed by atoms with Crippen molar-refractivity contribution in [2.45, 2.75) is 18.9 Å². The van der Waals surface area contributed by atoms with Gasteiger partial charge in [-0.3, -0.25) is 9.79 Å². The molecule has 0 spiro atoms. The molecule has 0 aromatic heterocycles. The number of carbonyl (C=O) groups excluding carboxylic acids is 1. The molecule has 30 heavy (non-hydrogen) atoms. The van der Waals surface area contributed by atoms with Crippen molar-refractivity contribution < 1.29 is 28.5 Å². The van der Waals surface area contributed by atoms with Crippen molar-refractivity contribution >= 4 is 25.3 Å². The Labute approximate surface area is 177 Å². The summed E-state index contributed by atoms with van der Waals surface area (Å²) in [7, 11) is 10.6. The number of methoxy groups -OCH3 is 3. The van der Waals surface area contributed by atoms with Gasteiger partial charge in [0.05, 0.1) is 14.2 Å². The van der Waals surface area contributed by atoms with Gasteiger partial charge in [0.2, 0.25) is 6.79 Å². The van der Waals surface area contributed by atoms with Gasteiger partial charge in [0.15, 0.2) is 17.3 Å². The summed E-state index contributed by atoms with van der Waals surface area (Å²) in [6.07, 6.45) is 2.01. The standard InChI is InChI=1S/C22H24BNO6/c1-26-19-9-14(10-20(27-2)21(19)23)12-24-8-4-5-16(25)22(28-3)15-6-7-17-18(11-15)30-13-29-17/h6-7,9-12,22H,4-5,8,13H2,1-3H3. The molecule has 1 atom stereocenters. The van der Waals surface area contributed by atoms with Crippen molar-refractivity contribution in [1.82, 2.24) is 0 Å².